The number of methoxy groups -OCH3 is 2. The number of hydrogen-bond donors (Lipinski definition) is 1. The van der Waals surface area contributed by atoms with Gasteiger partial charge in [0.25, 0.3) is 5.91 Å². The third kappa shape index (κ3) is 4.41. The highest BCUT2D eigenvalue weighted by atomic mass is 16.5. The van der Waals surface area contributed by atoms with Crippen LogP contribution in [-0.4, -0.2) is 32.5 Å². The van der Waals surface area contributed by atoms with E-state index in [2.05, 4.69) is 5.32 Å². The number of benzene rings is 3. The van der Waals surface area contributed by atoms with Gasteiger partial charge in [0.2, 0.25) is 5.78 Å². The van der Waals surface area contributed by atoms with Crippen LogP contribution in [0, 0.1) is 0 Å². The highest BCUT2D eigenvalue weighted by Crippen LogP contribution is 2.33. The fourth-order valence-electron chi connectivity index (χ4n) is 3.22. The fraction of sp³-hybridized carbons (Fsp3) is 0.120. The van der Waals surface area contributed by atoms with Crippen LogP contribution in [0.3, 0.4) is 0 Å². The number of ketones is 1. The van der Waals surface area contributed by atoms with Gasteiger partial charge in [-0.05, 0) is 48.5 Å². The van der Waals surface area contributed by atoms with E-state index in [-0.39, 0.29) is 18.2 Å². The molecule has 0 unspecified atom stereocenters. The normalized spacial score (nSPS) is 10.6. The minimum atomic E-state index is -0.424. The maximum Gasteiger partial charge on any atom is 0.262 e. The summed E-state index contributed by atoms with van der Waals surface area (Å²) in [6, 6.07) is 20.7. The largest absolute Gasteiger partial charge is 0.497 e. The Kier molecular flexibility index (Phi) is 6.07. The van der Waals surface area contributed by atoms with Crippen molar-refractivity contribution in [2.45, 2.75) is 0 Å². The quantitative estimate of drug-likeness (QED) is 0.407. The van der Waals surface area contributed by atoms with Crippen LogP contribution in [0.15, 0.2) is 77.2 Å². The lowest BCUT2D eigenvalue weighted by molar-refractivity contribution is -0.118. The van der Waals surface area contributed by atoms with Crippen molar-refractivity contribution >= 4 is 28.3 Å². The first-order chi connectivity index (χ1) is 15.6. The van der Waals surface area contributed by atoms with E-state index in [0.29, 0.717) is 39.5 Å². The molecule has 0 atom stereocenters. The van der Waals surface area contributed by atoms with Gasteiger partial charge in [0, 0.05) is 10.9 Å². The highest BCUT2D eigenvalue weighted by molar-refractivity contribution is 6.17. The molecule has 7 nitrogen and oxygen atoms in total. The second-order valence-corrected chi connectivity index (χ2v) is 6.88. The van der Waals surface area contributed by atoms with Gasteiger partial charge >= 0.3 is 0 Å². The summed E-state index contributed by atoms with van der Waals surface area (Å²) in [4.78, 5) is 25.8. The zero-order chi connectivity index (χ0) is 22.5. The molecule has 1 N–H and O–H groups in total. The molecule has 32 heavy (non-hydrogen) atoms. The van der Waals surface area contributed by atoms with Gasteiger partial charge in [-0.3, -0.25) is 9.59 Å². The summed E-state index contributed by atoms with van der Waals surface area (Å²) in [5.74, 6) is 0.999. The number of furan rings is 1. The summed E-state index contributed by atoms with van der Waals surface area (Å²) in [7, 11) is 3.10. The van der Waals surface area contributed by atoms with E-state index < -0.39 is 5.91 Å². The Labute approximate surface area is 184 Å². The molecule has 0 saturated carbocycles. The molecule has 0 spiro atoms. The molecule has 162 valence electrons. The standard InChI is InChI=1S/C25H21NO6/c1-29-17-10-12-18(13-11-17)31-15-22(27)26-23-20-8-3-4-9-21(20)32-25(23)24(28)16-6-5-7-19(14-16)30-2/h3-14H,15H2,1-2H3,(H,26,27). The van der Waals surface area contributed by atoms with E-state index in [1.165, 1.54) is 7.11 Å². The number of ether oxygens (including phenoxy) is 3. The molecular weight excluding hydrogens is 410 g/mol. The van der Waals surface area contributed by atoms with Gasteiger partial charge in [-0.15, -0.1) is 0 Å². The third-order valence-corrected chi connectivity index (χ3v) is 4.83. The lowest BCUT2D eigenvalue weighted by Crippen LogP contribution is -2.21. The molecule has 4 rings (SSSR count). The Morgan fingerprint density at radius 1 is 0.844 bits per heavy atom. The van der Waals surface area contributed by atoms with Gasteiger partial charge in [-0.2, -0.15) is 0 Å². The molecule has 0 radical (unpaired) electrons. The van der Waals surface area contributed by atoms with Crippen molar-refractivity contribution in [2.75, 3.05) is 26.1 Å². The second kappa shape index (κ2) is 9.26. The van der Waals surface area contributed by atoms with E-state index in [0.717, 1.165) is 0 Å². The summed E-state index contributed by atoms with van der Waals surface area (Å²) in [6.45, 7) is -0.237. The minimum Gasteiger partial charge on any atom is -0.497 e. The van der Waals surface area contributed by atoms with Crippen LogP contribution in [-0.2, 0) is 4.79 Å². The molecule has 0 fully saturated rings. The van der Waals surface area contributed by atoms with Crippen LogP contribution in [0.2, 0.25) is 0 Å². The van der Waals surface area contributed by atoms with Crippen molar-refractivity contribution < 1.29 is 28.2 Å². The lowest BCUT2D eigenvalue weighted by atomic mass is 10.1. The molecule has 0 aliphatic rings. The average Bonchev–Trinajstić information content (AvgIpc) is 3.20. The first kappa shape index (κ1) is 21.0. The zero-order valence-corrected chi connectivity index (χ0v) is 17.6. The number of hydrogen-bond acceptors (Lipinski definition) is 6. The number of carbonyl (C=O) groups is 2. The molecule has 4 aromatic rings. The van der Waals surface area contributed by atoms with E-state index in [9.17, 15) is 9.59 Å². The minimum absolute atomic E-state index is 0.0391. The Bertz CT molecular complexity index is 1260. The van der Waals surface area contributed by atoms with Gasteiger partial charge in [-0.25, -0.2) is 0 Å². The average molecular weight is 431 g/mol. The molecule has 3 aromatic carbocycles. The van der Waals surface area contributed by atoms with E-state index >= 15 is 0 Å². The summed E-state index contributed by atoms with van der Waals surface area (Å²) < 4.78 is 21.7. The first-order valence-electron chi connectivity index (χ1n) is 9.86. The molecule has 0 saturated heterocycles. The monoisotopic (exact) mass is 431 g/mol. The topological polar surface area (TPSA) is 87.0 Å². The maximum absolute atomic E-state index is 13.2. The van der Waals surface area contributed by atoms with Crippen LogP contribution < -0.4 is 19.5 Å². The van der Waals surface area contributed by atoms with Gasteiger partial charge in [-0.1, -0.05) is 24.3 Å². The second-order valence-electron chi connectivity index (χ2n) is 6.88. The molecule has 0 aliphatic carbocycles. The Morgan fingerprint density at radius 2 is 1.56 bits per heavy atom. The van der Waals surface area contributed by atoms with Crippen molar-refractivity contribution in [1.29, 1.82) is 0 Å². The summed E-state index contributed by atoms with van der Waals surface area (Å²) >= 11 is 0. The van der Waals surface area contributed by atoms with Crippen LogP contribution >= 0.6 is 0 Å². The van der Waals surface area contributed by atoms with Gasteiger partial charge < -0.3 is 23.9 Å². The van der Waals surface area contributed by atoms with E-state index in [4.69, 9.17) is 18.6 Å². The SMILES string of the molecule is COc1ccc(OCC(=O)Nc2c(C(=O)c3cccc(OC)c3)oc3ccccc23)cc1. The molecule has 0 bridgehead atoms. The Balaban J connectivity index is 1.58. The predicted octanol–water partition coefficient (Wildman–Crippen LogP) is 4.70. The molecule has 1 aromatic heterocycles. The van der Waals surface area contributed by atoms with Crippen LogP contribution in [0.4, 0.5) is 5.69 Å². The molecule has 7 heteroatoms. The van der Waals surface area contributed by atoms with E-state index in [1.54, 1.807) is 79.9 Å². The van der Waals surface area contributed by atoms with E-state index in [1.807, 2.05) is 0 Å². The molecule has 1 amide bonds. The summed E-state index contributed by atoms with van der Waals surface area (Å²) in [6.07, 6.45) is 0. The van der Waals surface area contributed by atoms with Crippen molar-refractivity contribution in [3.05, 3.63) is 84.1 Å². The first-order valence-corrected chi connectivity index (χ1v) is 9.86. The summed E-state index contributed by atoms with van der Waals surface area (Å²) in [5.41, 5.74) is 1.18. The number of fused-ring (bicyclic) bond motifs is 1. The smallest absolute Gasteiger partial charge is 0.262 e. The Morgan fingerprint density at radius 3 is 2.31 bits per heavy atom. The number of nitrogens with one attached hydrogen (secondary N) is 1. The number of amides is 1. The highest BCUT2D eigenvalue weighted by Gasteiger charge is 2.23. The maximum atomic E-state index is 13.2. The number of anilines is 1. The van der Waals surface area contributed by atoms with Gasteiger partial charge in [0.1, 0.15) is 22.8 Å². The predicted molar refractivity (Wildman–Crippen MR) is 120 cm³/mol. The van der Waals surface area contributed by atoms with Crippen molar-refractivity contribution in [3.63, 3.8) is 0 Å². The van der Waals surface area contributed by atoms with Crippen LogP contribution in [0.5, 0.6) is 17.2 Å². The van der Waals surface area contributed by atoms with Gasteiger partial charge in [0.05, 0.1) is 19.9 Å². The molecular formula is C25H21NO6. The van der Waals surface area contributed by atoms with Crippen molar-refractivity contribution in [2.24, 2.45) is 0 Å². The number of para-hydroxylation sites is 1. The van der Waals surface area contributed by atoms with Crippen molar-refractivity contribution in [3.8, 4) is 17.2 Å². The number of rotatable bonds is 8. The summed E-state index contributed by atoms with van der Waals surface area (Å²) in [5, 5.41) is 3.39. The Hall–Kier alpha value is -4.26. The van der Waals surface area contributed by atoms with Gasteiger partial charge in [0.15, 0.2) is 12.4 Å². The molecule has 0 aliphatic heterocycles. The van der Waals surface area contributed by atoms with Crippen molar-refractivity contribution in [1.82, 2.24) is 0 Å². The lowest BCUT2D eigenvalue weighted by Gasteiger charge is -2.09. The van der Waals surface area contributed by atoms with Crippen LogP contribution in [0.25, 0.3) is 11.0 Å². The third-order valence-electron chi connectivity index (χ3n) is 4.83. The molecule has 1 heterocycles. The van der Waals surface area contributed by atoms with Crippen LogP contribution in [0.1, 0.15) is 16.1 Å². The number of carbonyl (C=O) groups excluding carboxylic acids is 2. The zero-order valence-electron chi connectivity index (χ0n) is 17.6. The fourth-order valence-corrected chi connectivity index (χ4v) is 3.22.